The molecule has 2 heterocycles. The number of Topliss-reactive ketones (excluding diaryl/α,β-unsaturated/α-hetero) is 1. The van der Waals surface area contributed by atoms with Crippen molar-refractivity contribution >= 4 is 17.7 Å². The van der Waals surface area contributed by atoms with Crippen molar-refractivity contribution in [3.8, 4) is 11.5 Å². The average Bonchev–Trinajstić information content (AvgIpc) is 3.50. The lowest BCUT2D eigenvalue weighted by Crippen LogP contribution is -2.81. The number of piperidine rings is 1. The predicted octanol–water partition coefficient (Wildman–Crippen LogP) is 1.90. The van der Waals surface area contributed by atoms with Crippen LogP contribution in [0.25, 0.3) is 0 Å². The van der Waals surface area contributed by atoms with Crippen LogP contribution in [0.3, 0.4) is 0 Å². The monoisotopic (exact) mass is 454 g/mol. The van der Waals surface area contributed by atoms with Gasteiger partial charge in [0.1, 0.15) is 0 Å². The number of phenolic OH excluding ortho intramolecular Hbond substituents is 1. The molecule has 1 amide bonds. The van der Waals surface area contributed by atoms with Crippen molar-refractivity contribution in [1.29, 1.82) is 0 Å². The number of carbonyl (C=O) groups excluding carboxylic acids is 2. The molecule has 176 valence electrons. The minimum Gasteiger partial charge on any atom is -0.504 e. The number of aliphatic carboxylic acids is 1. The van der Waals surface area contributed by atoms with Crippen molar-refractivity contribution in [2.75, 3.05) is 13.1 Å². The van der Waals surface area contributed by atoms with E-state index in [-0.39, 0.29) is 42.7 Å². The van der Waals surface area contributed by atoms with Crippen LogP contribution in [0.15, 0.2) is 12.1 Å². The lowest BCUT2D eigenvalue weighted by atomic mass is 9.47. The Morgan fingerprint density at radius 2 is 2.03 bits per heavy atom. The first kappa shape index (κ1) is 21.0. The largest absolute Gasteiger partial charge is 0.504 e. The molecule has 8 nitrogen and oxygen atoms in total. The number of hydrogen-bond acceptors (Lipinski definition) is 6. The Bertz CT molecular complexity index is 1050. The molecule has 1 aromatic carbocycles. The number of hydrogen-bond donors (Lipinski definition) is 3. The normalized spacial score (nSPS) is 33.9. The minimum absolute atomic E-state index is 0.0311. The number of nitrogens with zero attached hydrogens (tertiary/aromatic N) is 1. The third-order valence-corrected chi connectivity index (χ3v) is 8.77. The number of amides is 1. The Morgan fingerprint density at radius 1 is 1.21 bits per heavy atom. The molecule has 2 saturated carbocycles. The van der Waals surface area contributed by atoms with Crippen molar-refractivity contribution < 1.29 is 29.3 Å². The van der Waals surface area contributed by atoms with Gasteiger partial charge in [0.2, 0.25) is 5.91 Å². The number of rotatable bonds is 7. The van der Waals surface area contributed by atoms with Gasteiger partial charge in [0.15, 0.2) is 23.4 Å². The van der Waals surface area contributed by atoms with E-state index in [0.717, 1.165) is 30.6 Å². The highest BCUT2D eigenvalue weighted by Crippen LogP contribution is 2.65. The number of ketones is 1. The van der Waals surface area contributed by atoms with Crippen LogP contribution in [0.1, 0.15) is 62.5 Å². The fourth-order valence-electron chi connectivity index (χ4n) is 7.27. The summed E-state index contributed by atoms with van der Waals surface area (Å²) in [5, 5.41) is 23.0. The van der Waals surface area contributed by atoms with Gasteiger partial charge in [-0.15, -0.1) is 0 Å². The van der Waals surface area contributed by atoms with Gasteiger partial charge < -0.3 is 20.3 Å². The summed E-state index contributed by atoms with van der Waals surface area (Å²) in [7, 11) is 0. The highest BCUT2D eigenvalue weighted by molar-refractivity contribution is 5.91. The average molecular weight is 455 g/mol. The molecular weight excluding hydrogens is 424 g/mol. The van der Waals surface area contributed by atoms with E-state index in [1.807, 2.05) is 6.07 Å². The Kier molecular flexibility index (Phi) is 4.57. The van der Waals surface area contributed by atoms with Crippen LogP contribution in [-0.4, -0.2) is 63.5 Å². The first-order valence-electron chi connectivity index (χ1n) is 12.2. The van der Waals surface area contributed by atoms with Crippen LogP contribution < -0.4 is 10.1 Å². The van der Waals surface area contributed by atoms with E-state index in [1.54, 1.807) is 6.07 Å². The van der Waals surface area contributed by atoms with Crippen LogP contribution in [0.4, 0.5) is 0 Å². The molecule has 3 N–H and O–H groups in total. The zero-order valence-electron chi connectivity index (χ0n) is 18.6. The molecule has 0 radical (unpaired) electrons. The summed E-state index contributed by atoms with van der Waals surface area (Å²) in [6.07, 6.45) is 4.41. The topological polar surface area (TPSA) is 116 Å². The molecule has 0 unspecified atom stereocenters. The van der Waals surface area contributed by atoms with Crippen molar-refractivity contribution in [2.24, 2.45) is 5.92 Å². The van der Waals surface area contributed by atoms with Crippen molar-refractivity contribution in [3.05, 3.63) is 23.3 Å². The Hall–Kier alpha value is -2.61. The van der Waals surface area contributed by atoms with Gasteiger partial charge in [0.25, 0.3) is 0 Å². The minimum atomic E-state index is -0.911. The highest BCUT2D eigenvalue weighted by Gasteiger charge is 2.73. The van der Waals surface area contributed by atoms with Crippen LogP contribution in [0, 0.1) is 5.92 Å². The van der Waals surface area contributed by atoms with Gasteiger partial charge in [-0.3, -0.25) is 19.3 Å². The highest BCUT2D eigenvalue weighted by atomic mass is 16.5. The molecule has 3 aliphatic carbocycles. The number of carboxylic acid groups (broad SMARTS) is 1. The number of ether oxygens (including phenoxy) is 1. The van der Waals surface area contributed by atoms with E-state index in [9.17, 15) is 19.5 Å². The number of carbonyl (C=O) groups is 3. The first-order chi connectivity index (χ1) is 15.9. The molecule has 5 aliphatic rings. The molecule has 33 heavy (non-hydrogen) atoms. The molecule has 2 aliphatic heterocycles. The smallest absolute Gasteiger partial charge is 0.303 e. The standard InChI is InChI=1S/C25H30N2O6/c28-16-7-6-15-12-18-25(26-19(30)2-1-3-20(31)32)9-8-17(29)23-24(25,21(15)22(16)33-23)10-11-27(18)13-14-4-5-14/h6-7,14,18,23,28H,1-5,8-13H2,(H,26,30)(H,31,32)/t18-,23+,24+,25-/m1/s1. The Balaban J connectivity index is 1.45. The van der Waals surface area contributed by atoms with Gasteiger partial charge in [-0.2, -0.15) is 0 Å². The van der Waals surface area contributed by atoms with E-state index >= 15 is 0 Å². The fraction of sp³-hybridized carbons (Fsp3) is 0.640. The number of carboxylic acids is 1. The quantitative estimate of drug-likeness (QED) is 0.576. The summed E-state index contributed by atoms with van der Waals surface area (Å²) in [5.74, 6) is 0.103. The maximum Gasteiger partial charge on any atom is 0.303 e. The SMILES string of the molecule is O=C(O)CCCC(=O)N[C@@]12CCC(=O)[C@@H]3Oc4c(O)ccc5c4[C@@]31CCN(CC1CC1)[C@@H]2C5. The number of nitrogens with one attached hydrogen (secondary N) is 1. The van der Waals surface area contributed by atoms with Crippen LogP contribution in [0.5, 0.6) is 11.5 Å². The van der Waals surface area contributed by atoms with Gasteiger partial charge in [-0.25, -0.2) is 0 Å². The molecule has 2 bridgehead atoms. The zero-order chi connectivity index (χ0) is 23.0. The third-order valence-electron chi connectivity index (χ3n) is 8.77. The second kappa shape index (κ2) is 7.19. The zero-order valence-corrected chi connectivity index (χ0v) is 18.6. The van der Waals surface area contributed by atoms with Crippen molar-refractivity contribution in [3.63, 3.8) is 0 Å². The van der Waals surface area contributed by atoms with Gasteiger partial charge in [-0.1, -0.05) is 6.07 Å². The molecule has 1 aromatic rings. The number of phenols is 1. The van der Waals surface area contributed by atoms with Crippen LogP contribution in [0.2, 0.25) is 0 Å². The molecule has 8 heteroatoms. The van der Waals surface area contributed by atoms with Crippen LogP contribution >= 0.6 is 0 Å². The van der Waals surface area contributed by atoms with E-state index in [4.69, 9.17) is 9.84 Å². The van der Waals surface area contributed by atoms with E-state index < -0.39 is 23.0 Å². The van der Waals surface area contributed by atoms with Crippen LogP contribution in [-0.2, 0) is 26.2 Å². The van der Waals surface area contributed by atoms with Crippen molar-refractivity contribution in [2.45, 2.75) is 80.9 Å². The Morgan fingerprint density at radius 3 is 2.79 bits per heavy atom. The van der Waals surface area contributed by atoms with Crippen molar-refractivity contribution in [1.82, 2.24) is 10.2 Å². The third kappa shape index (κ3) is 2.89. The summed E-state index contributed by atoms with van der Waals surface area (Å²) in [6, 6.07) is 3.65. The summed E-state index contributed by atoms with van der Waals surface area (Å²) < 4.78 is 6.22. The predicted molar refractivity (Wildman–Crippen MR) is 117 cm³/mol. The maximum atomic E-state index is 13.2. The van der Waals surface area contributed by atoms with Gasteiger partial charge in [-0.05, 0) is 62.6 Å². The second-order valence-electron chi connectivity index (χ2n) is 10.6. The lowest BCUT2D eigenvalue weighted by molar-refractivity contribution is -0.150. The maximum absolute atomic E-state index is 13.2. The van der Waals surface area contributed by atoms with Gasteiger partial charge >= 0.3 is 5.97 Å². The molecule has 6 rings (SSSR count). The molecule has 0 aromatic heterocycles. The second-order valence-corrected chi connectivity index (χ2v) is 10.6. The molecule has 1 saturated heterocycles. The van der Waals surface area contributed by atoms with E-state index in [2.05, 4.69) is 10.2 Å². The number of benzene rings is 1. The van der Waals surface area contributed by atoms with Gasteiger partial charge in [0.05, 0.1) is 11.0 Å². The first-order valence-corrected chi connectivity index (χ1v) is 12.2. The molecule has 1 spiro atoms. The van der Waals surface area contributed by atoms with E-state index in [0.29, 0.717) is 30.9 Å². The summed E-state index contributed by atoms with van der Waals surface area (Å²) in [5.41, 5.74) is 0.636. The summed E-state index contributed by atoms with van der Waals surface area (Å²) in [6.45, 7) is 1.83. The molecule has 3 fully saturated rings. The fourth-order valence-corrected chi connectivity index (χ4v) is 7.27. The number of aromatic hydroxyl groups is 1. The summed E-state index contributed by atoms with van der Waals surface area (Å²) in [4.78, 5) is 39.8. The van der Waals surface area contributed by atoms with E-state index in [1.165, 1.54) is 12.8 Å². The van der Waals surface area contributed by atoms with Gasteiger partial charge in [0, 0.05) is 37.4 Å². The summed E-state index contributed by atoms with van der Waals surface area (Å²) >= 11 is 0. The molecular formula is C25H30N2O6. The molecule has 4 atom stereocenters. The Labute approximate surface area is 192 Å². The number of likely N-dealkylation sites (tertiary alicyclic amines) is 1. The lowest BCUT2D eigenvalue weighted by Gasteiger charge is -2.65.